The largest absolute Gasteiger partial charge is 0.494 e. The molecule has 2 aliphatic rings. The van der Waals surface area contributed by atoms with E-state index in [0.29, 0.717) is 24.0 Å². The van der Waals surface area contributed by atoms with Gasteiger partial charge in [0.2, 0.25) is 0 Å². The van der Waals surface area contributed by atoms with Gasteiger partial charge in [0.1, 0.15) is 11.9 Å². The standard InChI is InChI=1S/C24H32O3/c1-4-5-14-26-22-11-8-18(9-12-22)24(25)27-23-13-10-20-15-19(17(2)3)6-7-21(20)16-23/h8-9,11-12,16,19-20,23H,2,4-7,10,13-15H2,1,3H3. The van der Waals surface area contributed by atoms with Gasteiger partial charge in [0.05, 0.1) is 12.2 Å². The molecule has 1 saturated carbocycles. The molecule has 0 aliphatic heterocycles. The Kier molecular flexibility index (Phi) is 6.76. The second-order valence-corrected chi connectivity index (χ2v) is 8.00. The first-order valence-electron chi connectivity index (χ1n) is 10.4. The molecule has 0 spiro atoms. The minimum atomic E-state index is -0.244. The zero-order valence-corrected chi connectivity index (χ0v) is 16.7. The van der Waals surface area contributed by atoms with Gasteiger partial charge in [0.15, 0.2) is 0 Å². The number of carbonyl (C=O) groups is 1. The van der Waals surface area contributed by atoms with Crippen molar-refractivity contribution in [1.82, 2.24) is 0 Å². The third-order valence-electron chi connectivity index (χ3n) is 5.89. The summed E-state index contributed by atoms with van der Waals surface area (Å²) < 4.78 is 11.4. The summed E-state index contributed by atoms with van der Waals surface area (Å²) in [6.45, 7) is 9.13. The molecule has 0 heterocycles. The maximum Gasteiger partial charge on any atom is 0.338 e. The molecule has 3 unspecified atom stereocenters. The Morgan fingerprint density at radius 2 is 1.96 bits per heavy atom. The van der Waals surface area contributed by atoms with E-state index in [1.807, 2.05) is 12.1 Å². The Labute approximate surface area is 163 Å². The second-order valence-electron chi connectivity index (χ2n) is 8.00. The molecular weight excluding hydrogens is 336 g/mol. The number of unbranched alkanes of at least 4 members (excludes halogenated alkanes) is 1. The number of rotatable bonds is 7. The van der Waals surface area contributed by atoms with Crippen LogP contribution in [0.25, 0.3) is 0 Å². The smallest absolute Gasteiger partial charge is 0.338 e. The van der Waals surface area contributed by atoms with Crippen LogP contribution in [0.2, 0.25) is 0 Å². The van der Waals surface area contributed by atoms with Crippen molar-refractivity contribution >= 4 is 5.97 Å². The van der Waals surface area contributed by atoms with E-state index in [1.54, 1.807) is 12.1 Å². The van der Waals surface area contributed by atoms with Crippen LogP contribution in [0.4, 0.5) is 0 Å². The van der Waals surface area contributed by atoms with Gasteiger partial charge in [-0.3, -0.25) is 0 Å². The topological polar surface area (TPSA) is 35.5 Å². The van der Waals surface area contributed by atoms with Gasteiger partial charge in [-0.25, -0.2) is 4.79 Å². The molecule has 3 rings (SSSR count). The SMILES string of the molecule is C=C(C)C1CCC2=CC(OC(=O)c3ccc(OCCCC)cc3)CCC2C1. The van der Waals surface area contributed by atoms with Crippen LogP contribution < -0.4 is 4.74 Å². The highest BCUT2D eigenvalue weighted by molar-refractivity contribution is 5.89. The zero-order valence-electron chi connectivity index (χ0n) is 16.7. The summed E-state index contributed by atoms with van der Waals surface area (Å²) in [4.78, 5) is 12.5. The third-order valence-corrected chi connectivity index (χ3v) is 5.89. The molecule has 0 bridgehead atoms. The van der Waals surface area contributed by atoms with Crippen LogP contribution in [-0.2, 0) is 4.74 Å². The first-order valence-corrected chi connectivity index (χ1v) is 10.4. The Balaban J connectivity index is 1.54. The van der Waals surface area contributed by atoms with E-state index in [-0.39, 0.29) is 12.1 Å². The normalized spacial score (nSPS) is 24.5. The Hall–Kier alpha value is -2.03. The number of hydrogen-bond acceptors (Lipinski definition) is 3. The summed E-state index contributed by atoms with van der Waals surface area (Å²) in [5.74, 6) is 1.86. The first-order chi connectivity index (χ1) is 13.1. The van der Waals surface area contributed by atoms with Gasteiger partial charge in [0.25, 0.3) is 0 Å². The maximum atomic E-state index is 12.5. The molecule has 27 heavy (non-hydrogen) atoms. The van der Waals surface area contributed by atoms with Gasteiger partial charge in [-0.15, -0.1) is 0 Å². The van der Waals surface area contributed by atoms with Crippen LogP contribution in [0.3, 0.4) is 0 Å². The van der Waals surface area contributed by atoms with Gasteiger partial charge >= 0.3 is 5.97 Å². The average Bonchev–Trinajstić information content (AvgIpc) is 2.68. The molecule has 1 aromatic rings. The molecule has 0 amide bonds. The molecular formula is C24H32O3. The lowest BCUT2D eigenvalue weighted by Crippen LogP contribution is -2.27. The minimum absolute atomic E-state index is 0.0920. The van der Waals surface area contributed by atoms with Crippen molar-refractivity contribution in [2.75, 3.05) is 6.61 Å². The van der Waals surface area contributed by atoms with E-state index < -0.39 is 0 Å². The van der Waals surface area contributed by atoms with Crippen LogP contribution in [0.15, 0.2) is 48.1 Å². The van der Waals surface area contributed by atoms with Gasteiger partial charge in [0, 0.05) is 0 Å². The van der Waals surface area contributed by atoms with Crippen molar-refractivity contribution in [1.29, 1.82) is 0 Å². The molecule has 0 aromatic heterocycles. The molecule has 146 valence electrons. The maximum absolute atomic E-state index is 12.5. The fraction of sp³-hybridized carbons (Fsp3) is 0.542. The van der Waals surface area contributed by atoms with Crippen molar-refractivity contribution in [3.8, 4) is 5.75 Å². The summed E-state index contributed by atoms with van der Waals surface area (Å²) >= 11 is 0. The van der Waals surface area contributed by atoms with Crippen LogP contribution >= 0.6 is 0 Å². The van der Waals surface area contributed by atoms with E-state index in [2.05, 4.69) is 26.5 Å². The lowest BCUT2D eigenvalue weighted by atomic mass is 9.71. The fourth-order valence-electron chi connectivity index (χ4n) is 4.14. The molecule has 0 saturated heterocycles. The summed E-state index contributed by atoms with van der Waals surface area (Å²) in [5.41, 5.74) is 3.38. The van der Waals surface area contributed by atoms with Crippen LogP contribution in [0, 0.1) is 11.8 Å². The van der Waals surface area contributed by atoms with Crippen molar-refractivity contribution in [2.24, 2.45) is 11.8 Å². The van der Waals surface area contributed by atoms with E-state index in [1.165, 1.54) is 24.0 Å². The molecule has 2 aliphatic carbocycles. The Bertz CT molecular complexity index is 686. The highest BCUT2D eigenvalue weighted by Gasteiger charge is 2.31. The van der Waals surface area contributed by atoms with Crippen LogP contribution in [-0.4, -0.2) is 18.7 Å². The summed E-state index contributed by atoms with van der Waals surface area (Å²) in [7, 11) is 0. The molecule has 0 radical (unpaired) electrons. The summed E-state index contributed by atoms with van der Waals surface area (Å²) in [6, 6.07) is 7.28. The van der Waals surface area contributed by atoms with E-state index in [9.17, 15) is 4.79 Å². The first kappa shape index (κ1) is 19.7. The van der Waals surface area contributed by atoms with E-state index in [4.69, 9.17) is 9.47 Å². The third kappa shape index (κ3) is 5.24. The molecule has 3 atom stereocenters. The fourth-order valence-corrected chi connectivity index (χ4v) is 4.14. The number of carbonyl (C=O) groups excluding carboxylic acids is 1. The number of fused-ring (bicyclic) bond motifs is 1. The molecule has 3 heteroatoms. The number of benzene rings is 1. The van der Waals surface area contributed by atoms with E-state index in [0.717, 1.165) is 37.9 Å². The average molecular weight is 369 g/mol. The molecule has 3 nitrogen and oxygen atoms in total. The summed E-state index contributed by atoms with van der Waals surface area (Å²) in [6.07, 6.45) is 9.79. The van der Waals surface area contributed by atoms with Crippen LogP contribution in [0.1, 0.15) is 69.2 Å². The lowest BCUT2D eigenvalue weighted by Gasteiger charge is -2.36. The number of ether oxygens (including phenoxy) is 2. The van der Waals surface area contributed by atoms with Gasteiger partial charge in [-0.2, -0.15) is 0 Å². The van der Waals surface area contributed by atoms with Gasteiger partial charge < -0.3 is 9.47 Å². The number of hydrogen-bond donors (Lipinski definition) is 0. The monoisotopic (exact) mass is 368 g/mol. The quantitative estimate of drug-likeness (QED) is 0.331. The summed E-state index contributed by atoms with van der Waals surface area (Å²) in [5, 5.41) is 0. The predicted molar refractivity (Wildman–Crippen MR) is 109 cm³/mol. The van der Waals surface area contributed by atoms with Crippen molar-refractivity contribution in [3.63, 3.8) is 0 Å². The van der Waals surface area contributed by atoms with Gasteiger partial charge in [-0.1, -0.05) is 31.1 Å². The lowest BCUT2D eigenvalue weighted by molar-refractivity contribution is 0.0348. The Morgan fingerprint density at radius 1 is 1.19 bits per heavy atom. The van der Waals surface area contributed by atoms with Crippen molar-refractivity contribution in [3.05, 3.63) is 53.6 Å². The highest BCUT2D eigenvalue weighted by atomic mass is 16.5. The molecule has 1 fully saturated rings. The highest BCUT2D eigenvalue weighted by Crippen LogP contribution is 2.42. The van der Waals surface area contributed by atoms with Gasteiger partial charge in [-0.05, 0) is 87.6 Å². The number of esters is 1. The molecule has 0 N–H and O–H groups in total. The number of allylic oxidation sites excluding steroid dienone is 2. The zero-order chi connectivity index (χ0) is 19.2. The Morgan fingerprint density at radius 3 is 2.67 bits per heavy atom. The van der Waals surface area contributed by atoms with Crippen molar-refractivity contribution < 1.29 is 14.3 Å². The van der Waals surface area contributed by atoms with Crippen molar-refractivity contribution in [2.45, 2.75) is 64.9 Å². The molecule has 1 aromatic carbocycles. The second kappa shape index (κ2) is 9.25. The van der Waals surface area contributed by atoms with Crippen LogP contribution in [0.5, 0.6) is 5.75 Å². The minimum Gasteiger partial charge on any atom is -0.494 e. The predicted octanol–water partition coefficient (Wildman–Crippen LogP) is 6.10. The van der Waals surface area contributed by atoms with E-state index >= 15 is 0 Å².